The van der Waals surface area contributed by atoms with Crippen LogP contribution in [0.5, 0.6) is 0 Å². The number of rotatable bonds is 7. The number of likely N-dealkylation sites (tertiary alicyclic amines) is 1. The molecule has 3 heteroatoms. The van der Waals surface area contributed by atoms with Crippen LogP contribution in [-0.4, -0.2) is 30.7 Å². The van der Waals surface area contributed by atoms with Crippen LogP contribution in [-0.2, 0) is 6.42 Å². The van der Waals surface area contributed by atoms with Gasteiger partial charge in [0.2, 0.25) is 0 Å². The Balaban J connectivity index is 2.24. The largest absolute Gasteiger partial charge is 0.357 e. The van der Waals surface area contributed by atoms with Crippen molar-refractivity contribution in [3.63, 3.8) is 0 Å². The van der Waals surface area contributed by atoms with Gasteiger partial charge >= 0.3 is 0 Å². The third kappa shape index (κ3) is 4.81. The van der Waals surface area contributed by atoms with Crippen molar-refractivity contribution in [1.82, 2.24) is 4.90 Å². The molecule has 1 saturated heterocycles. The van der Waals surface area contributed by atoms with Crippen molar-refractivity contribution in [1.29, 1.82) is 0 Å². The molecule has 24 heavy (non-hydrogen) atoms. The molecule has 2 rings (SSSR count). The normalized spacial score (nSPS) is 16.8. The monoisotopic (exact) mass is 325 g/mol. The number of hydrogen-bond acceptors (Lipinski definition) is 3. The van der Waals surface area contributed by atoms with Gasteiger partial charge in [-0.15, -0.1) is 0 Å². The van der Waals surface area contributed by atoms with Crippen molar-refractivity contribution >= 4 is 11.8 Å². The molecule has 1 aliphatic rings. The maximum atomic E-state index is 5.68. The molecule has 0 radical (unpaired) electrons. The van der Waals surface area contributed by atoms with E-state index in [1.54, 1.807) is 0 Å². The molecule has 0 amide bonds. The van der Waals surface area contributed by atoms with Gasteiger partial charge in [-0.05, 0) is 68.3 Å². The molecule has 1 aliphatic heterocycles. The Morgan fingerprint density at radius 3 is 2.67 bits per heavy atom. The zero-order valence-electron chi connectivity index (χ0n) is 15.4. The zero-order chi connectivity index (χ0) is 17.4. The quantitative estimate of drug-likeness (QED) is 0.755. The lowest BCUT2D eigenvalue weighted by Gasteiger charge is -2.20. The van der Waals surface area contributed by atoms with E-state index in [4.69, 9.17) is 10.7 Å². The smallest absolute Gasteiger partial charge is 0.127 e. The van der Waals surface area contributed by atoms with Gasteiger partial charge in [0, 0.05) is 19.3 Å². The molecule has 1 aromatic carbocycles. The molecule has 130 valence electrons. The van der Waals surface area contributed by atoms with Crippen LogP contribution < -0.4 is 5.73 Å². The van der Waals surface area contributed by atoms with E-state index in [0.717, 1.165) is 37.3 Å². The van der Waals surface area contributed by atoms with Gasteiger partial charge in [0.1, 0.15) is 5.82 Å². The average molecular weight is 326 g/mol. The summed E-state index contributed by atoms with van der Waals surface area (Å²) in [5.74, 6) is 1.16. The standard InChI is InChI=1S/C21H31N3/c1-4-17(3)21(24-13-6-7-14-24)23-16-19(5-2)20-10-8-9-18(15-20)11-12-22/h5,8-10,15-16H,4,6-7,11-14,22H2,1-3H3/b19-5+,21-17-,23-16-. The van der Waals surface area contributed by atoms with Crippen LogP contribution in [0.3, 0.4) is 0 Å². The highest BCUT2D eigenvalue weighted by Crippen LogP contribution is 2.22. The highest BCUT2D eigenvalue weighted by Gasteiger charge is 2.15. The highest BCUT2D eigenvalue weighted by molar-refractivity contribution is 6.10. The second-order valence-corrected chi connectivity index (χ2v) is 6.39. The van der Waals surface area contributed by atoms with Crippen LogP contribution in [0.4, 0.5) is 0 Å². The van der Waals surface area contributed by atoms with Crippen LogP contribution in [0.25, 0.3) is 5.57 Å². The molecule has 1 heterocycles. The van der Waals surface area contributed by atoms with E-state index in [1.807, 2.05) is 6.21 Å². The Morgan fingerprint density at radius 1 is 1.29 bits per heavy atom. The fourth-order valence-electron chi connectivity index (χ4n) is 3.07. The van der Waals surface area contributed by atoms with E-state index in [9.17, 15) is 0 Å². The molecule has 0 atom stereocenters. The van der Waals surface area contributed by atoms with E-state index < -0.39 is 0 Å². The Kier molecular flexibility index (Phi) is 7.26. The Labute approximate surface area is 147 Å². The minimum atomic E-state index is 0.681. The average Bonchev–Trinajstić information content (AvgIpc) is 3.13. The lowest BCUT2D eigenvalue weighted by molar-refractivity contribution is 0.416. The molecule has 0 aromatic heterocycles. The topological polar surface area (TPSA) is 41.6 Å². The Morgan fingerprint density at radius 2 is 2.04 bits per heavy atom. The molecular weight excluding hydrogens is 294 g/mol. The van der Waals surface area contributed by atoms with E-state index in [2.05, 4.69) is 56.0 Å². The SMILES string of the molecule is C\C=C(/C=N\C(=C(/C)CC)N1CCCC1)c1cccc(CCN)c1. The maximum absolute atomic E-state index is 5.68. The summed E-state index contributed by atoms with van der Waals surface area (Å²) in [5.41, 5.74) is 10.7. The highest BCUT2D eigenvalue weighted by atomic mass is 15.2. The zero-order valence-corrected chi connectivity index (χ0v) is 15.4. The van der Waals surface area contributed by atoms with E-state index in [0.29, 0.717) is 6.54 Å². The molecule has 0 saturated carbocycles. The summed E-state index contributed by atoms with van der Waals surface area (Å²) in [6.45, 7) is 9.40. The number of nitrogens with two attached hydrogens (primary N) is 1. The summed E-state index contributed by atoms with van der Waals surface area (Å²) in [6.07, 6.45) is 8.65. The molecule has 0 spiro atoms. The van der Waals surface area contributed by atoms with E-state index in [1.165, 1.54) is 29.5 Å². The Hall–Kier alpha value is -1.87. The predicted molar refractivity (Wildman–Crippen MR) is 105 cm³/mol. The lowest BCUT2D eigenvalue weighted by atomic mass is 10.0. The van der Waals surface area contributed by atoms with Gasteiger partial charge in [-0.25, -0.2) is 4.99 Å². The number of nitrogens with zero attached hydrogens (tertiary/aromatic N) is 2. The van der Waals surface area contributed by atoms with Crippen LogP contribution in [0, 0.1) is 0 Å². The number of benzene rings is 1. The molecular formula is C21H31N3. The van der Waals surface area contributed by atoms with Crippen molar-refractivity contribution in [2.45, 2.75) is 46.5 Å². The van der Waals surface area contributed by atoms with Crippen molar-refractivity contribution in [2.75, 3.05) is 19.6 Å². The van der Waals surface area contributed by atoms with Crippen LogP contribution in [0.15, 0.2) is 46.7 Å². The summed E-state index contributed by atoms with van der Waals surface area (Å²) in [5, 5.41) is 0. The Bertz CT molecular complexity index is 620. The van der Waals surface area contributed by atoms with E-state index >= 15 is 0 Å². The van der Waals surface area contributed by atoms with Gasteiger partial charge in [-0.2, -0.15) is 0 Å². The molecule has 3 nitrogen and oxygen atoms in total. The van der Waals surface area contributed by atoms with Crippen LogP contribution >= 0.6 is 0 Å². The molecule has 1 aromatic rings. The van der Waals surface area contributed by atoms with Crippen molar-refractivity contribution in [3.8, 4) is 0 Å². The first-order valence-electron chi connectivity index (χ1n) is 9.14. The number of hydrogen-bond donors (Lipinski definition) is 1. The van der Waals surface area contributed by atoms with Crippen LogP contribution in [0.2, 0.25) is 0 Å². The second-order valence-electron chi connectivity index (χ2n) is 6.39. The first-order chi connectivity index (χ1) is 11.7. The van der Waals surface area contributed by atoms with Crippen molar-refractivity contribution in [3.05, 3.63) is 52.9 Å². The van der Waals surface area contributed by atoms with Gasteiger partial charge in [0.15, 0.2) is 0 Å². The molecule has 0 bridgehead atoms. The first kappa shape index (κ1) is 18.5. The summed E-state index contributed by atoms with van der Waals surface area (Å²) < 4.78 is 0. The molecule has 1 fully saturated rings. The third-order valence-electron chi connectivity index (χ3n) is 4.65. The van der Waals surface area contributed by atoms with Crippen molar-refractivity contribution < 1.29 is 0 Å². The lowest BCUT2D eigenvalue weighted by Crippen LogP contribution is -2.18. The van der Waals surface area contributed by atoms with Crippen LogP contribution in [0.1, 0.15) is 51.2 Å². The van der Waals surface area contributed by atoms with Gasteiger partial charge in [-0.1, -0.05) is 37.3 Å². The first-order valence-corrected chi connectivity index (χ1v) is 9.14. The number of aliphatic imine (C=N–C) groups is 1. The molecule has 0 unspecified atom stereocenters. The van der Waals surface area contributed by atoms with Gasteiger partial charge in [-0.3, -0.25) is 0 Å². The van der Waals surface area contributed by atoms with Gasteiger partial charge in [0.05, 0.1) is 0 Å². The number of allylic oxidation sites excluding steroid dienone is 3. The third-order valence-corrected chi connectivity index (χ3v) is 4.65. The predicted octanol–water partition coefficient (Wildman–Crippen LogP) is 4.40. The second kappa shape index (κ2) is 9.43. The fourth-order valence-corrected chi connectivity index (χ4v) is 3.07. The summed E-state index contributed by atoms with van der Waals surface area (Å²) >= 11 is 0. The molecule has 2 N–H and O–H groups in total. The summed E-state index contributed by atoms with van der Waals surface area (Å²) in [7, 11) is 0. The van der Waals surface area contributed by atoms with Crippen molar-refractivity contribution in [2.24, 2.45) is 10.7 Å². The van der Waals surface area contributed by atoms with Gasteiger partial charge in [0.25, 0.3) is 0 Å². The molecule has 0 aliphatic carbocycles. The summed E-state index contributed by atoms with van der Waals surface area (Å²) in [4.78, 5) is 7.31. The minimum Gasteiger partial charge on any atom is -0.357 e. The maximum Gasteiger partial charge on any atom is 0.127 e. The minimum absolute atomic E-state index is 0.681. The fraction of sp³-hybridized carbons (Fsp3) is 0.476. The van der Waals surface area contributed by atoms with E-state index in [-0.39, 0.29) is 0 Å². The summed E-state index contributed by atoms with van der Waals surface area (Å²) in [6, 6.07) is 8.61. The van der Waals surface area contributed by atoms with Gasteiger partial charge < -0.3 is 10.6 Å².